The SMILES string of the molecule is CCOC(=C=O)CCOc1ccc(C[C@H](NC(=O)OCC23CC4CC(CC(C4)C2)C3)C(=O)O)cc1. The van der Waals surface area contributed by atoms with Crippen LogP contribution in [0.25, 0.3) is 0 Å². The van der Waals surface area contributed by atoms with Gasteiger partial charge in [-0.05, 0) is 80.9 Å². The van der Waals surface area contributed by atoms with E-state index >= 15 is 0 Å². The first-order valence-corrected chi connectivity index (χ1v) is 12.6. The van der Waals surface area contributed by atoms with Crippen LogP contribution in [0.2, 0.25) is 0 Å². The molecule has 0 spiro atoms. The van der Waals surface area contributed by atoms with E-state index in [4.69, 9.17) is 14.2 Å². The summed E-state index contributed by atoms with van der Waals surface area (Å²) in [6.07, 6.45) is 7.12. The molecule has 0 unspecified atom stereocenters. The average molecular weight is 486 g/mol. The molecule has 190 valence electrons. The summed E-state index contributed by atoms with van der Waals surface area (Å²) < 4.78 is 16.3. The largest absolute Gasteiger partial charge is 0.493 e. The Morgan fingerprint density at radius 1 is 1.09 bits per heavy atom. The van der Waals surface area contributed by atoms with Crippen LogP contribution in [0.4, 0.5) is 4.79 Å². The topological polar surface area (TPSA) is 111 Å². The summed E-state index contributed by atoms with van der Waals surface area (Å²) >= 11 is 0. The molecule has 4 aliphatic carbocycles. The van der Waals surface area contributed by atoms with Gasteiger partial charge in [-0.2, -0.15) is 0 Å². The summed E-state index contributed by atoms with van der Waals surface area (Å²) in [6.45, 7) is 2.83. The smallest absolute Gasteiger partial charge is 0.407 e. The summed E-state index contributed by atoms with van der Waals surface area (Å²) in [6, 6.07) is 5.88. The van der Waals surface area contributed by atoms with Crippen LogP contribution in [-0.2, 0) is 25.5 Å². The molecule has 35 heavy (non-hydrogen) atoms. The zero-order chi connectivity index (χ0) is 24.8. The second-order valence-corrected chi connectivity index (χ2v) is 10.4. The normalized spacial score (nSPS) is 26.9. The highest BCUT2D eigenvalue weighted by Crippen LogP contribution is 2.60. The fourth-order valence-corrected chi connectivity index (χ4v) is 6.62. The average Bonchev–Trinajstić information content (AvgIpc) is 2.82. The lowest BCUT2D eigenvalue weighted by Crippen LogP contribution is -2.49. The lowest BCUT2D eigenvalue weighted by atomic mass is 9.50. The number of carbonyl (C=O) groups excluding carboxylic acids is 2. The van der Waals surface area contributed by atoms with Crippen LogP contribution in [0.1, 0.15) is 57.4 Å². The second-order valence-electron chi connectivity index (χ2n) is 10.4. The Morgan fingerprint density at radius 3 is 2.26 bits per heavy atom. The maximum Gasteiger partial charge on any atom is 0.407 e. The molecule has 5 rings (SSSR count). The molecule has 1 amide bonds. The van der Waals surface area contributed by atoms with Crippen LogP contribution >= 0.6 is 0 Å². The molecule has 4 fully saturated rings. The van der Waals surface area contributed by atoms with Gasteiger partial charge in [-0.3, -0.25) is 0 Å². The molecule has 0 aromatic heterocycles. The third kappa shape index (κ3) is 6.57. The highest BCUT2D eigenvalue weighted by atomic mass is 16.5. The number of rotatable bonds is 12. The van der Waals surface area contributed by atoms with Gasteiger partial charge in [0, 0.05) is 11.8 Å². The van der Waals surface area contributed by atoms with Crippen molar-refractivity contribution in [1.82, 2.24) is 5.32 Å². The Hall–Kier alpha value is -2.99. The number of benzene rings is 1. The van der Waals surface area contributed by atoms with Crippen LogP contribution in [0.3, 0.4) is 0 Å². The maximum atomic E-state index is 12.5. The van der Waals surface area contributed by atoms with Gasteiger partial charge in [0.25, 0.3) is 0 Å². The van der Waals surface area contributed by atoms with Gasteiger partial charge in [-0.15, -0.1) is 0 Å². The molecule has 1 aromatic rings. The number of carbonyl (C=O) groups is 2. The number of aliphatic carboxylic acids is 1. The van der Waals surface area contributed by atoms with E-state index in [1.807, 2.05) is 0 Å². The predicted molar refractivity (Wildman–Crippen MR) is 128 cm³/mol. The van der Waals surface area contributed by atoms with E-state index in [9.17, 15) is 19.5 Å². The second kappa shape index (κ2) is 11.2. The number of hydrogen-bond acceptors (Lipinski definition) is 6. The molecule has 4 aliphatic rings. The van der Waals surface area contributed by atoms with Crippen LogP contribution < -0.4 is 10.1 Å². The number of hydrogen-bond donors (Lipinski definition) is 2. The van der Waals surface area contributed by atoms with Crippen molar-refractivity contribution in [2.45, 2.75) is 64.3 Å². The fraction of sp³-hybridized carbons (Fsp3) is 0.630. The Kier molecular flexibility index (Phi) is 8.01. The van der Waals surface area contributed by atoms with Gasteiger partial charge in [-0.1, -0.05) is 12.1 Å². The molecule has 2 N–H and O–H groups in total. The molecule has 1 atom stereocenters. The Morgan fingerprint density at radius 2 is 1.71 bits per heavy atom. The minimum absolute atomic E-state index is 0.0889. The first-order chi connectivity index (χ1) is 16.9. The Bertz CT molecular complexity index is 915. The minimum atomic E-state index is -1.11. The van der Waals surface area contributed by atoms with Crippen molar-refractivity contribution in [3.05, 3.63) is 35.6 Å². The quantitative estimate of drug-likeness (QED) is 0.338. The lowest BCUT2D eigenvalue weighted by Gasteiger charge is -2.56. The monoisotopic (exact) mass is 485 g/mol. The van der Waals surface area contributed by atoms with E-state index in [2.05, 4.69) is 5.32 Å². The van der Waals surface area contributed by atoms with Gasteiger partial charge in [-0.25, -0.2) is 14.4 Å². The molecule has 0 radical (unpaired) electrons. The van der Waals surface area contributed by atoms with E-state index < -0.39 is 18.1 Å². The molecule has 1 aromatic carbocycles. The van der Waals surface area contributed by atoms with Gasteiger partial charge in [0.15, 0.2) is 11.7 Å². The van der Waals surface area contributed by atoms with Gasteiger partial charge in [0.05, 0.1) is 26.2 Å². The lowest BCUT2D eigenvalue weighted by molar-refractivity contribution is -0.139. The highest BCUT2D eigenvalue weighted by Gasteiger charge is 2.51. The van der Waals surface area contributed by atoms with Gasteiger partial charge in [0.2, 0.25) is 0 Å². The minimum Gasteiger partial charge on any atom is -0.493 e. The number of nitrogens with one attached hydrogen (secondary N) is 1. The summed E-state index contributed by atoms with van der Waals surface area (Å²) in [5.74, 6) is 3.74. The van der Waals surface area contributed by atoms with Gasteiger partial charge < -0.3 is 24.6 Å². The van der Waals surface area contributed by atoms with Crippen molar-refractivity contribution in [3.63, 3.8) is 0 Å². The van der Waals surface area contributed by atoms with Crippen molar-refractivity contribution in [1.29, 1.82) is 0 Å². The van der Waals surface area contributed by atoms with Crippen LogP contribution in [0.15, 0.2) is 30.0 Å². The molecular formula is C27H35NO7. The highest BCUT2D eigenvalue weighted by molar-refractivity contribution is 5.80. The van der Waals surface area contributed by atoms with Gasteiger partial charge >= 0.3 is 12.1 Å². The van der Waals surface area contributed by atoms with Crippen molar-refractivity contribution in [2.24, 2.45) is 23.2 Å². The maximum absolute atomic E-state index is 12.5. The summed E-state index contributed by atoms with van der Waals surface area (Å²) in [5.41, 5.74) is 0.833. The van der Waals surface area contributed by atoms with E-state index in [1.54, 1.807) is 37.1 Å². The number of alkyl carbamates (subject to hydrolysis) is 1. The third-order valence-electron chi connectivity index (χ3n) is 7.66. The van der Waals surface area contributed by atoms with E-state index in [0.717, 1.165) is 42.6 Å². The molecule has 0 saturated heterocycles. The molecule has 8 heteroatoms. The molecule has 4 bridgehead atoms. The first-order valence-electron chi connectivity index (χ1n) is 12.6. The van der Waals surface area contributed by atoms with Crippen molar-refractivity contribution in [2.75, 3.05) is 19.8 Å². The number of amides is 1. The molecule has 0 aliphatic heterocycles. The standard InChI is InChI=1S/C27H35NO7/c1-2-33-23(16-29)7-8-34-22-5-3-18(4-6-22)12-24(25(30)31)28-26(32)35-17-27-13-19-9-20(14-27)11-21(10-19)15-27/h3-6,19-21,24H,2,7-15,17H2,1H3,(H,28,32)(H,30,31)/t19?,20?,21?,24-,27?/m0/s1. The Labute approximate surface area is 206 Å². The third-order valence-corrected chi connectivity index (χ3v) is 7.66. The van der Waals surface area contributed by atoms with E-state index in [-0.39, 0.29) is 24.2 Å². The van der Waals surface area contributed by atoms with Crippen molar-refractivity contribution in [3.8, 4) is 5.75 Å². The molecular weight excluding hydrogens is 450 g/mol. The van der Waals surface area contributed by atoms with Crippen LogP contribution in [0, 0.1) is 23.2 Å². The van der Waals surface area contributed by atoms with Crippen molar-refractivity contribution < 1.29 is 33.7 Å². The van der Waals surface area contributed by atoms with E-state index in [1.165, 1.54) is 19.3 Å². The predicted octanol–water partition coefficient (Wildman–Crippen LogP) is 4.15. The van der Waals surface area contributed by atoms with E-state index in [0.29, 0.717) is 25.4 Å². The van der Waals surface area contributed by atoms with Crippen LogP contribution in [0.5, 0.6) is 5.75 Å². The zero-order valence-corrected chi connectivity index (χ0v) is 20.3. The molecule has 0 heterocycles. The number of carboxylic acid groups (broad SMARTS) is 1. The Balaban J connectivity index is 1.24. The van der Waals surface area contributed by atoms with Crippen LogP contribution in [-0.4, -0.2) is 49.0 Å². The number of ether oxygens (including phenoxy) is 3. The molecule has 4 saturated carbocycles. The summed E-state index contributed by atoms with van der Waals surface area (Å²) in [7, 11) is 0. The number of carboxylic acids is 1. The fourth-order valence-electron chi connectivity index (χ4n) is 6.62. The first kappa shape index (κ1) is 25.1. The summed E-state index contributed by atoms with van der Waals surface area (Å²) in [5, 5.41) is 12.2. The van der Waals surface area contributed by atoms with Gasteiger partial charge in [0.1, 0.15) is 11.8 Å². The zero-order valence-electron chi connectivity index (χ0n) is 20.3. The summed E-state index contributed by atoms with van der Waals surface area (Å²) in [4.78, 5) is 35.0. The van der Waals surface area contributed by atoms with Crippen molar-refractivity contribution >= 4 is 18.0 Å². The molecule has 8 nitrogen and oxygen atoms in total.